The van der Waals surface area contributed by atoms with Crippen LogP contribution in [-0.2, 0) is 4.79 Å². The van der Waals surface area contributed by atoms with Gasteiger partial charge in [-0.25, -0.2) is 0 Å². The Kier molecular flexibility index (Phi) is 7.96. The minimum absolute atomic E-state index is 0.0750. The molecule has 35 heavy (non-hydrogen) atoms. The molecule has 186 valence electrons. The predicted octanol–water partition coefficient (Wildman–Crippen LogP) is 4.52. The van der Waals surface area contributed by atoms with Gasteiger partial charge >= 0.3 is 0 Å². The van der Waals surface area contributed by atoms with E-state index in [1.165, 1.54) is 0 Å². The van der Waals surface area contributed by atoms with Crippen LogP contribution in [0.4, 0.5) is 11.4 Å². The molecule has 0 spiro atoms. The lowest BCUT2D eigenvalue weighted by Gasteiger charge is -2.28. The third-order valence-corrected chi connectivity index (χ3v) is 7.06. The molecule has 1 aliphatic carbocycles. The number of hydrogen-bond donors (Lipinski definition) is 1. The largest absolute Gasteiger partial charge is 0.369 e. The van der Waals surface area contributed by atoms with E-state index in [0.29, 0.717) is 48.0 Å². The van der Waals surface area contributed by atoms with E-state index in [-0.39, 0.29) is 23.6 Å². The molecule has 2 aromatic rings. The molecular formula is C27H33ClN4O3. The van der Waals surface area contributed by atoms with E-state index in [1.54, 1.807) is 35.2 Å². The number of rotatable bonds is 7. The van der Waals surface area contributed by atoms with Gasteiger partial charge in [0.2, 0.25) is 5.91 Å². The third kappa shape index (κ3) is 5.78. The highest BCUT2D eigenvalue weighted by molar-refractivity contribution is 6.34. The van der Waals surface area contributed by atoms with E-state index in [2.05, 4.69) is 10.2 Å². The molecule has 0 radical (unpaired) electrons. The van der Waals surface area contributed by atoms with Crippen LogP contribution in [-0.4, -0.2) is 66.8 Å². The van der Waals surface area contributed by atoms with Crippen molar-refractivity contribution in [1.82, 2.24) is 9.80 Å². The molecule has 2 fully saturated rings. The van der Waals surface area contributed by atoms with E-state index in [1.807, 2.05) is 30.9 Å². The third-order valence-electron chi connectivity index (χ3n) is 6.73. The Labute approximate surface area is 212 Å². The zero-order valence-corrected chi connectivity index (χ0v) is 21.2. The van der Waals surface area contributed by atoms with Gasteiger partial charge in [0.25, 0.3) is 11.8 Å². The molecule has 3 amide bonds. The van der Waals surface area contributed by atoms with Crippen molar-refractivity contribution in [3.05, 3.63) is 58.6 Å². The fourth-order valence-electron chi connectivity index (χ4n) is 4.55. The number of nitrogens with zero attached hydrogens (tertiary/aromatic N) is 3. The topological polar surface area (TPSA) is 73.0 Å². The number of amides is 3. The Hall–Kier alpha value is -3.06. The summed E-state index contributed by atoms with van der Waals surface area (Å²) in [6.07, 6.45) is 2.86. The van der Waals surface area contributed by atoms with Gasteiger partial charge in [-0.1, -0.05) is 23.7 Å². The Morgan fingerprint density at radius 1 is 0.971 bits per heavy atom. The van der Waals surface area contributed by atoms with Crippen LogP contribution < -0.4 is 10.2 Å². The molecule has 0 bridgehead atoms. The number of benzene rings is 2. The number of anilines is 2. The summed E-state index contributed by atoms with van der Waals surface area (Å²) in [7, 11) is 0. The van der Waals surface area contributed by atoms with Gasteiger partial charge in [0, 0.05) is 56.6 Å². The lowest BCUT2D eigenvalue weighted by Crippen LogP contribution is -2.37. The van der Waals surface area contributed by atoms with Crippen molar-refractivity contribution < 1.29 is 14.4 Å². The summed E-state index contributed by atoms with van der Waals surface area (Å²) in [5.41, 5.74) is 2.29. The molecule has 1 aliphatic heterocycles. The lowest BCUT2D eigenvalue weighted by molar-refractivity contribution is -0.132. The quantitative estimate of drug-likeness (QED) is 0.611. The molecule has 1 saturated heterocycles. The van der Waals surface area contributed by atoms with Gasteiger partial charge in [0.05, 0.1) is 16.1 Å². The molecule has 2 aliphatic rings. The van der Waals surface area contributed by atoms with Crippen LogP contribution in [0.2, 0.25) is 5.02 Å². The Bertz CT molecular complexity index is 1100. The van der Waals surface area contributed by atoms with Crippen molar-refractivity contribution in [3.8, 4) is 0 Å². The highest BCUT2D eigenvalue weighted by Gasteiger charge is 2.34. The van der Waals surface area contributed by atoms with Crippen molar-refractivity contribution in [1.29, 1.82) is 0 Å². The van der Waals surface area contributed by atoms with Gasteiger partial charge in [0.1, 0.15) is 0 Å². The minimum atomic E-state index is -0.325. The molecule has 8 heteroatoms. The first-order chi connectivity index (χ1) is 16.9. The Balaban J connectivity index is 1.59. The normalized spacial score (nSPS) is 16.0. The van der Waals surface area contributed by atoms with Crippen molar-refractivity contribution in [2.75, 3.05) is 49.5 Å². The summed E-state index contributed by atoms with van der Waals surface area (Å²) in [6, 6.07) is 12.3. The van der Waals surface area contributed by atoms with Gasteiger partial charge < -0.3 is 20.0 Å². The first-order valence-corrected chi connectivity index (χ1v) is 12.8. The zero-order valence-electron chi connectivity index (χ0n) is 20.4. The number of halogens is 1. The van der Waals surface area contributed by atoms with Crippen molar-refractivity contribution in [2.45, 2.75) is 33.1 Å². The van der Waals surface area contributed by atoms with Crippen LogP contribution in [0.25, 0.3) is 0 Å². The summed E-state index contributed by atoms with van der Waals surface area (Å²) in [6.45, 7) is 7.93. The van der Waals surface area contributed by atoms with Crippen LogP contribution in [0.5, 0.6) is 0 Å². The summed E-state index contributed by atoms with van der Waals surface area (Å²) < 4.78 is 0. The fourth-order valence-corrected chi connectivity index (χ4v) is 4.77. The van der Waals surface area contributed by atoms with E-state index in [0.717, 1.165) is 38.0 Å². The highest BCUT2D eigenvalue weighted by atomic mass is 35.5. The zero-order chi connectivity index (χ0) is 24.9. The number of nitrogens with one attached hydrogen (secondary N) is 1. The Morgan fingerprint density at radius 3 is 2.40 bits per heavy atom. The summed E-state index contributed by atoms with van der Waals surface area (Å²) >= 11 is 6.19. The van der Waals surface area contributed by atoms with Gasteiger partial charge in [-0.05, 0) is 63.4 Å². The maximum atomic E-state index is 13.5. The van der Waals surface area contributed by atoms with Crippen LogP contribution in [0.15, 0.2) is 42.5 Å². The molecule has 1 N–H and O–H groups in total. The standard InChI is InChI=1S/C27H33ClN4O3/c1-3-30(4-2)27(35)22-18-20(29-25(33)21-8-5-6-9-23(21)28)12-13-24(22)31-14-7-15-32(17-16-31)26(34)19-10-11-19/h5-6,8-9,12-13,18-19H,3-4,7,10-11,14-17H2,1-2H3,(H,29,33). The lowest BCUT2D eigenvalue weighted by atomic mass is 10.1. The van der Waals surface area contributed by atoms with Crippen LogP contribution in [0.3, 0.4) is 0 Å². The van der Waals surface area contributed by atoms with Gasteiger partial charge in [-0.3, -0.25) is 14.4 Å². The number of carbonyl (C=O) groups excluding carboxylic acids is 3. The molecule has 0 atom stereocenters. The van der Waals surface area contributed by atoms with Gasteiger partial charge in [-0.15, -0.1) is 0 Å². The predicted molar refractivity (Wildman–Crippen MR) is 139 cm³/mol. The minimum Gasteiger partial charge on any atom is -0.369 e. The SMILES string of the molecule is CCN(CC)C(=O)c1cc(NC(=O)c2ccccc2Cl)ccc1N1CCCN(C(=O)C2CC2)CC1. The van der Waals surface area contributed by atoms with Crippen molar-refractivity contribution >= 4 is 40.7 Å². The average Bonchev–Trinajstić information content (AvgIpc) is 3.72. The molecule has 0 unspecified atom stereocenters. The first kappa shape index (κ1) is 25.0. The van der Waals surface area contributed by atoms with Crippen LogP contribution >= 0.6 is 11.6 Å². The average molecular weight is 497 g/mol. The van der Waals surface area contributed by atoms with Crippen LogP contribution in [0, 0.1) is 5.92 Å². The Morgan fingerprint density at radius 2 is 1.71 bits per heavy atom. The molecule has 1 heterocycles. The summed E-state index contributed by atoms with van der Waals surface area (Å²) in [5, 5.41) is 3.26. The van der Waals surface area contributed by atoms with Crippen molar-refractivity contribution in [2.24, 2.45) is 5.92 Å². The second kappa shape index (κ2) is 11.1. The molecule has 0 aromatic heterocycles. The number of hydrogen-bond acceptors (Lipinski definition) is 4. The molecular weight excluding hydrogens is 464 g/mol. The molecule has 1 saturated carbocycles. The number of carbonyl (C=O) groups is 3. The van der Waals surface area contributed by atoms with Gasteiger partial charge in [0.15, 0.2) is 0 Å². The molecule has 2 aromatic carbocycles. The fraction of sp³-hybridized carbons (Fsp3) is 0.444. The molecule has 4 rings (SSSR count). The van der Waals surface area contributed by atoms with E-state index < -0.39 is 0 Å². The monoisotopic (exact) mass is 496 g/mol. The highest BCUT2D eigenvalue weighted by Crippen LogP contribution is 2.32. The second-order valence-corrected chi connectivity index (χ2v) is 9.49. The maximum Gasteiger partial charge on any atom is 0.257 e. The van der Waals surface area contributed by atoms with E-state index in [4.69, 9.17) is 11.6 Å². The van der Waals surface area contributed by atoms with Crippen LogP contribution in [0.1, 0.15) is 53.8 Å². The second-order valence-electron chi connectivity index (χ2n) is 9.08. The summed E-state index contributed by atoms with van der Waals surface area (Å²) in [4.78, 5) is 44.8. The van der Waals surface area contributed by atoms with E-state index >= 15 is 0 Å². The smallest absolute Gasteiger partial charge is 0.257 e. The van der Waals surface area contributed by atoms with Gasteiger partial charge in [-0.2, -0.15) is 0 Å². The van der Waals surface area contributed by atoms with Crippen molar-refractivity contribution in [3.63, 3.8) is 0 Å². The molecule has 7 nitrogen and oxygen atoms in total. The van der Waals surface area contributed by atoms with E-state index in [9.17, 15) is 14.4 Å². The maximum absolute atomic E-state index is 13.5. The first-order valence-electron chi connectivity index (χ1n) is 12.5. The summed E-state index contributed by atoms with van der Waals surface area (Å²) in [5.74, 6) is 0.0777.